The minimum absolute atomic E-state index is 0.0945. The molecule has 1 fully saturated rings. The lowest BCUT2D eigenvalue weighted by molar-refractivity contribution is 0.951. The quantitative estimate of drug-likeness (QED) is 0.593. The van der Waals surface area contributed by atoms with Crippen LogP contribution in [0.1, 0.15) is 29.9 Å². The molecule has 1 saturated carbocycles. The third-order valence-electron chi connectivity index (χ3n) is 4.32. The molecule has 0 saturated heterocycles. The zero-order valence-electron chi connectivity index (χ0n) is 9.65. The SMILES string of the molecule is CC1(Cl)C2c3ccccc3-c3ccccc3C21. The maximum Gasteiger partial charge on any atom is 0.0568 e. The molecule has 0 bridgehead atoms. The van der Waals surface area contributed by atoms with Crippen LogP contribution in [0.3, 0.4) is 0 Å². The molecule has 17 heavy (non-hydrogen) atoms. The van der Waals surface area contributed by atoms with Gasteiger partial charge in [0.1, 0.15) is 0 Å². The fourth-order valence-electron chi connectivity index (χ4n) is 3.48. The highest BCUT2D eigenvalue weighted by Crippen LogP contribution is 2.71. The predicted molar refractivity (Wildman–Crippen MR) is 71.6 cm³/mol. The van der Waals surface area contributed by atoms with E-state index in [0.29, 0.717) is 11.8 Å². The van der Waals surface area contributed by atoms with Crippen molar-refractivity contribution in [2.24, 2.45) is 0 Å². The first-order chi connectivity index (χ1) is 8.21. The summed E-state index contributed by atoms with van der Waals surface area (Å²) in [5.41, 5.74) is 5.59. The minimum atomic E-state index is -0.0945. The van der Waals surface area contributed by atoms with Crippen LogP contribution in [0.2, 0.25) is 0 Å². The Labute approximate surface area is 106 Å². The molecule has 0 heterocycles. The lowest BCUT2D eigenvalue weighted by atomic mass is 9.86. The van der Waals surface area contributed by atoms with Crippen molar-refractivity contribution >= 4 is 11.6 Å². The third kappa shape index (κ3) is 1.09. The molecule has 2 aliphatic carbocycles. The van der Waals surface area contributed by atoms with E-state index < -0.39 is 0 Å². The third-order valence-corrected chi connectivity index (χ3v) is 4.79. The Morgan fingerprint density at radius 1 is 0.824 bits per heavy atom. The van der Waals surface area contributed by atoms with Crippen molar-refractivity contribution in [1.29, 1.82) is 0 Å². The van der Waals surface area contributed by atoms with Crippen LogP contribution in [0.25, 0.3) is 11.1 Å². The van der Waals surface area contributed by atoms with E-state index in [4.69, 9.17) is 11.6 Å². The second kappa shape index (κ2) is 2.94. The number of hydrogen-bond acceptors (Lipinski definition) is 0. The van der Waals surface area contributed by atoms with Gasteiger partial charge in [0.05, 0.1) is 4.87 Å². The maximum absolute atomic E-state index is 6.67. The summed E-state index contributed by atoms with van der Waals surface area (Å²) in [7, 11) is 0. The molecule has 2 aromatic carbocycles. The molecule has 2 unspecified atom stereocenters. The number of halogens is 1. The van der Waals surface area contributed by atoms with Crippen LogP contribution in [-0.2, 0) is 0 Å². The second-order valence-electron chi connectivity index (χ2n) is 5.28. The van der Waals surface area contributed by atoms with Gasteiger partial charge in [-0.3, -0.25) is 0 Å². The van der Waals surface area contributed by atoms with Crippen molar-refractivity contribution in [1.82, 2.24) is 0 Å². The van der Waals surface area contributed by atoms with Gasteiger partial charge in [0, 0.05) is 11.8 Å². The molecule has 2 atom stereocenters. The molecular weight excluding hydrogens is 228 g/mol. The van der Waals surface area contributed by atoms with Gasteiger partial charge in [0.15, 0.2) is 0 Å². The van der Waals surface area contributed by atoms with Gasteiger partial charge in [-0.1, -0.05) is 48.5 Å². The Bertz CT molecular complexity index is 559. The van der Waals surface area contributed by atoms with Gasteiger partial charge in [0.25, 0.3) is 0 Å². The predicted octanol–water partition coefficient (Wildman–Crippen LogP) is 4.55. The molecule has 0 radical (unpaired) electrons. The number of hydrogen-bond donors (Lipinski definition) is 0. The van der Waals surface area contributed by atoms with Crippen molar-refractivity contribution in [2.75, 3.05) is 0 Å². The highest BCUT2D eigenvalue weighted by molar-refractivity contribution is 6.28. The summed E-state index contributed by atoms with van der Waals surface area (Å²) in [6, 6.07) is 17.4. The van der Waals surface area contributed by atoms with Crippen molar-refractivity contribution in [3.05, 3.63) is 59.7 Å². The highest BCUT2D eigenvalue weighted by Gasteiger charge is 2.64. The number of benzene rings is 2. The lowest BCUT2D eigenvalue weighted by Crippen LogP contribution is -1.98. The van der Waals surface area contributed by atoms with Crippen LogP contribution < -0.4 is 0 Å². The molecule has 0 spiro atoms. The fourth-order valence-corrected chi connectivity index (χ4v) is 3.90. The summed E-state index contributed by atoms with van der Waals surface area (Å²) in [4.78, 5) is -0.0945. The molecule has 0 N–H and O–H groups in total. The molecule has 0 aliphatic heterocycles. The van der Waals surface area contributed by atoms with Crippen LogP contribution in [-0.4, -0.2) is 4.87 Å². The zero-order valence-corrected chi connectivity index (χ0v) is 10.4. The maximum atomic E-state index is 6.67. The average molecular weight is 241 g/mol. The van der Waals surface area contributed by atoms with Gasteiger partial charge in [-0.2, -0.15) is 0 Å². The molecule has 1 heteroatoms. The summed E-state index contributed by atoms with van der Waals surface area (Å²) in [6.45, 7) is 2.17. The molecular formula is C16H13Cl. The van der Waals surface area contributed by atoms with Crippen molar-refractivity contribution in [2.45, 2.75) is 23.6 Å². The highest BCUT2D eigenvalue weighted by atomic mass is 35.5. The van der Waals surface area contributed by atoms with E-state index in [9.17, 15) is 0 Å². The van der Waals surface area contributed by atoms with E-state index in [2.05, 4.69) is 55.5 Å². The van der Waals surface area contributed by atoms with E-state index in [1.165, 1.54) is 22.3 Å². The molecule has 0 amide bonds. The molecule has 0 nitrogen and oxygen atoms in total. The number of alkyl halides is 1. The smallest absolute Gasteiger partial charge is 0.0568 e. The largest absolute Gasteiger partial charge is 0.118 e. The standard InChI is InChI=1S/C16H13Cl/c1-16(17)14-12-8-4-2-6-10(12)11-7-3-5-9-13(11)15(14)16/h2-9,14-15H,1H3. The number of fused-ring (bicyclic) bond motifs is 6. The zero-order chi connectivity index (χ0) is 11.6. The Kier molecular flexibility index (Phi) is 1.68. The van der Waals surface area contributed by atoms with Crippen molar-refractivity contribution < 1.29 is 0 Å². The lowest BCUT2D eigenvalue weighted by Gasteiger charge is -2.18. The van der Waals surface area contributed by atoms with E-state index in [0.717, 1.165) is 0 Å². The summed E-state index contributed by atoms with van der Waals surface area (Å²) >= 11 is 6.67. The van der Waals surface area contributed by atoms with E-state index in [-0.39, 0.29) is 4.87 Å². The van der Waals surface area contributed by atoms with Gasteiger partial charge in [-0.15, -0.1) is 11.6 Å². The first kappa shape index (κ1) is 9.73. The van der Waals surface area contributed by atoms with Crippen molar-refractivity contribution in [3.63, 3.8) is 0 Å². The second-order valence-corrected chi connectivity index (χ2v) is 6.10. The Morgan fingerprint density at radius 2 is 1.24 bits per heavy atom. The number of rotatable bonds is 0. The first-order valence-electron chi connectivity index (χ1n) is 6.08. The molecule has 2 aliphatic rings. The van der Waals surface area contributed by atoms with Crippen LogP contribution in [0.4, 0.5) is 0 Å². The monoisotopic (exact) mass is 240 g/mol. The van der Waals surface area contributed by atoms with Crippen LogP contribution >= 0.6 is 11.6 Å². The average Bonchev–Trinajstić information content (AvgIpc) is 2.94. The topological polar surface area (TPSA) is 0 Å². The summed E-state index contributed by atoms with van der Waals surface area (Å²) in [5, 5.41) is 0. The van der Waals surface area contributed by atoms with E-state index in [1.807, 2.05) is 0 Å². The van der Waals surface area contributed by atoms with Gasteiger partial charge < -0.3 is 0 Å². The molecule has 0 aromatic heterocycles. The minimum Gasteiger partial charge on any atom is -0.118 e. The normalized spacial score (nSPS) is 32.4. The summed E-state index contributed by atoms with van der Waals surface area (Å²) < 4.78 is 0. The molecule has 2 aromatic rings. The summed E-state index contributed by atoms with van der Waals surface area (Å²) in [6.07, 6.45) is 0. The van der Waals surface area contributed by atoms with Gasteiger partial charge in [-0.05, 0) is 29.2 Å². The van der Waals surface area contributed by atoms with Crippen LogP contribution in [0.5, 0.6) is 0 Å². The Morgan fingerprint density at radius 3 is 1.71 bits per heavy atom. The van der Waals surface area contributed by atoms with Crippen molar-refractivity contribution in [3.8, 4) is 11.1 Å². The van der Waals surface area contributed by atoms with Crippen LogP contribution in [0.15, 0.2) is 48.5 Å². The van der Waals surface area contributed by atoms with E-state index >= 15 is 0 Å². The van der Waals surface area contributed by atoms with E-state index in [1.54, 1.807) is 0 Å². The van der Waals surface area contributed by atoms with Gasteiger partial charge in [-0.25, -0.2) is 0 Å². The van der Waals surface area contributed by atoms with Crippen LogP contribution in [0, 0.1) is 0 Å². The van der Waals surface area contributed by atoms with Gasteiger partial charge in [0.2, 0.25) is 0 Å². The molecule has 84 valence electrons. The Balaban J connectivity index is 2.07. The first-order valence-corrected chi connectivity index (χ1v) is 6.46. The Hall–Kier alpha value is -1.27. The molecule has 4 rings (SSSR count). The summed E-state index contributed by atoms with van der Waals surface area (Å²) in [5.74, 6) is 0.991. The van der Waals surface area contributed by atoms with Gasteiger partial charge >= 0.3 is 0 Å². The fraction of sp³-hybridized carbons (Fsp3) is 0.250.